The van der Waals surface area contributed by atoms with Gasteiger partial charge >= 0.3 is 0 Å². The van der Waals surface area contributed by atoms with Crippen LogP contribution in [0.25, 0.3) is 6.08 Å². The maximum Gasteiger partial charge on any atom is 0.244 e. The Balaban J connectivity index is 1.46. The van der Waals surface area contributed by atoms with Crippen molar-refractivity contribution in [3.05, 3.63) is 53.2 Å². The molecule has 1 aliphatic heterocycles. The molecule has 0 aliphatic carbocycles. The monoisotopic (exact) mass is 381 g/mol. The van der Waals surface area contributed by atoms with Crippen LogP contribution in [-0.4, -0.2) is 55.3 Å². The number of aryl methyl sites for hydroxylation is 2. The van der Waals surface area contributed by atoms with E-state index in [2.05, 4.69) is 25.5 Å². The summed E-state index contributed by atoms with van der Waals surface area (Å²) < 4.78 is 5.39. The number of hydrogen-bond acceptors (Lipinski definition) is 6. The van der Waals surface area contributed by atoms with Crippen molar-refractivity contribution < 1.29 is 9.53 Å². The fourth-order valence-corrected chi connectivity index (χ4v) is 2.94. The average Bonchev–Trinajstić information content (AvgIpc) is 2.71. The van der Waals surface area contributed by atoms with Crippen molar-refractivity contribution in [3.63, 3.8) is 0 Å². The van der Waals surface area contributed by atoms with Gasteiger partial charge in [0, 0.05) is 44.0 Å². The molecule has 148 valence electrons. The maximum absolute atomic E-state index is 12.0. The molecule has 2 aromatic rings. The number of benzene rings is 1. The third-order valence-electron chi connectivity index (χ3n) is 4.49. The number of nitrogens with zero attached hydrogens (tertiary/aromatic N) is 3. The number of carbonyl (C=O) groups excluding carboxylic acids is 1. The molecule has 28 heavy (non-hydrogen) atoms. The van der Waals surface area contributed by atoms with E-state index in [-0.39, 0.29) is 5.91 Å². The minimum Gasteiger partial charge on any atom is -0.378 e. The molecule has 0 saturated carbocycles. The Morgan fingerprint density at radius 3 is 2.75 bits per heavy atom. The van der Waals surface area contributed by atoms with Crippen LogP contribution in [-0.2, 0) is 9.53 Å². The fraction of sp³-hybridized carbons (Fsp3) is 0.381. The molecule has 7 heteroatoms. The van der Waals surface area contributed by atoms with E-state index in [1.807, 2.05) is 50.3 Å². The molecule has 0 bridgehead atoms. The van der Waals surface area contributed by atoms with E-state index in [9.17, 15) is 4.79 Å². The lowest BCUT2D eigenvalue weighted by atomic mass is 10.1. The molecule has 7 nitrogen and oxygen atoms in total. The Bertz CT molecular complexity index is 831. The van der Waals surface area contributed by atoms with E-state index in [1.165, 1.54) is 0 Å². The molecule has 1 aliphatic rings. The first-order valence-corrected chi connectivity index (χ1v) is 9.55. The molecule has 3 rings (SSSR count). The second-order valence-electron chi connectivity index (χ2n) is 6.70. The number of ether oxygens (including phenoxy) is 1. The van der Waals surface area contributed by atoms with E-state index >= 15 is 0 Å². The number of amides is 1. The van der Waals surface area contributed by atoms with Gasteiger partial charge in [-0.3, -0.25) is 4.79 Å². The molecule has 2 N–H and O–H groups in total. The van der Waals surface area contributed by atoms with Crippen LogP contribution >= 0.6 is 0 Å². The van der Waals surface area contributed by atoms with E-state index in [0.29, 0.717) is 32.3 Å². The summed E-state index contributed by atoms with van der Waals surface area (Å²) in [7, 11) is 0. The molecule has 0 atom stereocenters. The van der Waals surface area contributed by atoms with Gasteiger partial charge in [0.2, 0.25) is 11.9 Å². The summed E-state index contributed by atoms with van der Waals surface area (Å²) in [6.45, 7) is 8.11. The molecular weight excluding hydrogens is 354 g/mol. The van der Waals surface area contributed by atoms with Crippen LogP contribution in [0.1, 0.15) is 16.8 Å². The summed E-state index contributed by atoms with van der Waals surface area (Å²) in [5.74, 6) is 1.36. The van der Waals surface area contributed by atoms with E-state index in [1.54, 1.807) is 6.08 Å². The highest BCUT2D eigenvalue weighted by atomic mass is 16.5. The summed E-state index contributed by atoms with van der Waals surface area (Å²) in [6.07, 6.45) is 3.39. The molecular formula is C21H27N5O2. The largest absolute Gasteiger partial charge is 0.378 e. The Hall–Kier alpha value is -2.93. The highest BCUT2D eigenvalue weighted by Gasteiger charge is 2.14. The first kappa shape index (κ1) is 19.8. The summed E-state index contributed by atoms with van der Waals surface area (Å²) in [5, 5.41) is 6.05. The number of nitrogens with one attached hydrogen (secondary N) is 2. The topological polar surface area (TPSA) is 79.4 Å². The molecule has 1 aromatic heterocycles. The quantitative estimate of drug-likeness (QED) is 0.565. The van der Waals surface area contributed by atoms with Crippen LogP contribution in [0.15, 0.2) is 36.4 Å². The smallest absolute Gasteiger partial charge is 0.244 e. The van der Waals surface area contributed by atoms with Crippen LogP contribution < -0.4 is 15.5 Å². The van der Waals surface area contributed by atoms with Gasteiger partial charge in [0.15, 0.2) is 0 Å². The zero-order valence-corrected chi connectivity index (χ0v) is 16.4. The predicted octanol–water partition coefficient (Wildman–Crippen LogP) is 2.17. The number of morpholine rings is 1. The second-order valence-corrected chi connectivity index (χ2v) is 6.70. The molecule has 2 heterocycles. The highest BCUT2D eigenvalue weighted by Crippen LogP contribution is 2.16. The normalized spacial score (nSPS) is 14.3. The van der Waals surface area contributed by atoms with Crippen molar-refractivity contribution in [2.75, 3.05) is 49.6 Å². The van der Waals surface area contributed by atoms with Gasteiger partial charge in [0.1, 0.15) is 5.82 Å². The first-order chi connectivity index (χ1) is 13.6. The number of anilines is 2. The zero-order valence-electron chi connectivity index (χ0n) is 16.4. The predicted molar refractivity (Wildman–Crippen MR) is 112 cm³/mol. The third kappa shape index (κ3) is 5.79. The van der Waals surface area contributed by atoms with Crippen LogP contribution in [0.2, 0.25) is 0 Å². The van der Waals surface area contributed by atoms with Gasteiger partial charge in [0.05, 0.1) is 13.2 Å². The van der Waals surface area contributed by atoms with Crippen molar-refractivity contribution in [3.8, 4) is 0 Å². The zero-order chi connectivity index (χ0) is 19.8. The van der Waals surface area contributed by atoms with Crippen molar-refractivity contribution in [1.29, 1.82) is 0 Å². The lowest BCUT2D eigenvalue weighted by Crippen LogP contribution is -2.37. The maximum atomic E-state index is 12.0. The molecule has 1 amide bonds. The second kappa shape index (κ2) is 9.85. The van der Waals surface area contributed by atoms with Gasteiger partial charge in [-0.15, -0.1) is 0 Å². The van der Waals surface area contributed by atoms with Gasteiger partial charge in [-0.1, -0.05) is 24.3 Å². The SMILES string of the molecule is Cc1cc(N2CCOCC2)nc(NCCNC(=O)/C=C/c2ccccc2C)n1. The summed E-state index contributed by atoms with van der Waals surface area (Å²) in [6, 6.07) is 9.93. The molecule has 1 aromatic carbocycles. The minimum atomic E-state index is -0.121. The van der Waals surface area contributed by atoms with Gasteiger partial charge in [-0.2, -0.15) is 4.98 Å². The van der Waals surface area contributed by atoms with Crippen molar-refractivity contribution in [2.24, 2.45) is 0 Å². The van der Waals surface area contributed by atoms with E-state index in [0.717, 1.165) is 35.7 Å². The van der Waals surface area contributed by atoms with E-state index in [4.69, 9.17) is 4.74 Å². The summed E-state index contributed by atoms with van der Waals surface area (Å²) in [4.78, 5) is 23.2. The number of aromatic nitrogens is 2. The number of rotatable bonds is 7. The molecule has 0 unspecified atom stereocenters. The first-order valence-electron chi connectivity index (χ1n) is 9.55. The van der Waals surface area contributed by atoms with Gasteiger partial charge in [-0.05, 0) is 31.1 Å². The molecule has 0 spiro atoms. The lowest BCUT2D eigenvalue weighted by Gasteiger charge is -2.28. The fourth-order valence-electron chi connectivity index (χ4n) is 2.94. The lowest BCUT2D eigenvalue weighted by molar-refractivity contribution is -0.116. The Labute approximate surface area is 165 Å². The van der Waals surface area contributed by atoms with Crippen LogP contribution in [0.3, 0.4) is 0 Å². The number of carbonyl (C=O) groups is 1. The molecule has 0 radical (unpaired) electrons. The van der Waals surface area contributed by atoms with Gasteiger partial charge < -0.3 is 20.3 Å². The standard InChI is InChI=1S/C21H27N5O2/c1-16-5-3-4-6-18(16)7-8-20(27)22-9-10-23-21-24-17(2)15-19(25-21)26-11-13-28-14-12-26/h3-8,15H,9-14H2,1-2H3,(H,22,27)(H,23,24,25)/b8-7+. The van der Waals surface area contributed by atoms with Crippen LogP contribution in [0.5, 0.6) is 0 Å². The Morgan fingerprint density at radius 1 is 1.18 bits per heavy atom. The van der Waals surface area contributed by atoms with E-state index < -0.39 is 0 Å². The highest BCUT2D eigenvalue weighted by molar-refractivity contribution is 5.91. The summed E-state index contributed by atoms with van der Waals surface area (Å²) >= 11 is 0. The number of hydrogen-bond donors (Lipinski definition) is 2. The minimum absolute atomic E-state index is 0.121. The molecule has 1 fully saturated rings. The third-order valence-corrected chi connectivity index (χ3v) is 4.49. The summed E-state index contributed by atoms with van der Waals surface area (Å²) in [5.41, 5.74) is 3.09. The van der Waals surface area contributed by atoms with Crippen molar-refractivity contribution in [2.45, 2.75) is 13.8 Å². The van der Waals surface area contributed by atoms with Crippen molar-refractivity contribution in [1.82, 2.24) is 15.3 Å². The average molecular weight is 381 g/mol. The van der Waals surface area contributed by atoms with Gasteiger partial charge in [0.25, 0.3) is 0 Å². The Morgan fingerprint density at radius 2 is 1.96 bits per heavy atom. The Kier molecular flexibility index (Phi) is 6.97. The van der Waals surface area contributed by atoms with Crippen LogP contribution in [0.4, 0.5) is 11.8 Å². The molecule has 1 saturated heterocycles. The van der Waals surface area contributed by atoms with Crippen LogP contribution in [0, 0.1) is 13.8 Å². The van der Waals surface area contributed by atoms with Gasteiger partial charge in [-0.25, -0.2) is 4.98 Å². The van der Waals surface area contributed by atoms with Crippen molar-refractivity contribution >= 4 is 23.7 Å².